The zero-order valence-corrected chi connectivity index (χ0v) is 19.2. The Labute approximate surface area is 186 Å². The van der Waals surface area contributed by atoms with E-state index in [9.17, 15) is 5.11 Å². The van der Waals surface area contributed by atoms with Crippen LogP contribution in [0.5, 0.6) is 0 Å². The van der Waals surface area contributed by atoms with E-state index in [1.807, 2.05) is 13.1 Å². The van der Waals surface area contributed by atoms with Crippen LogP contribution in [0.4, 0.5) is 11.8 Å². The van der Waals surface area contributed by atoms with Crippen LogP contribution in [-0.2, 0) is 0 Å². The Kier molecular flexibility index (Phi) is 5.52. The fourth-order valence-electron chi connectivity index (χ4n) is 4.46. The smallest absolute Gasteiger partial charge is 0.225 e. The van der Waals surface area contributed by atoms with Gasteiger partial charge in [-0.3, -0.25) is 4.98 Å². The Bertz CT molecular complexity index is 1090. The van der Waals surface area contributed by atoms with E-state index in [1.54, 1.807) is 11.3 Å². The average molecular weight is 439 g/mol. The van der Waals surface area contributed by atoms with Crippen molar-refractivity contribution in [3.05, 3.63) is 23.7 Å². The lowest BCUT2D eigenvalue weighted by molar-refractivity contribution is 0.229. The molecule has 2 unspecified atom stereocenters. The summed E-state index contributed by atoms with van der Waals surface area (Å²) in [5.74, 6) is 2.39. The number of nitrogens with one attached hydrogen (secondary N) is 2. The molecular formula is C23H30N6OS. The maximum atomic E-state index is 9.55. The normalized spacial score (nSPS) is 21.2. The van der Waals surface area contributed by atoms with Gasteiger partial charge in [-0.05, 0) is 64.9 Å². The molecule has 0 saturated heterocycles. The Balaban J connectivity index is 1.56. The molecule has 3 heterocycles. The number of hydrogen-bond acceptors (Lipinski definition) is 8. The molecule has 31 heavy (non-hydrogen) atoms. The lowest BCUT2D eigenvalue weighted by atomic mass is 10.1. The number of thiazole rings is 1. The molecule has 5 rings (SSSR count). The fourth-order valence-corrected chi connectivity index (χ4v) is 5.53. The molecule has 3 aromatic heterocycles. The number of aromatic nitrogens is 4. The predicted molar refractivity (Wildman–Crippen MR) is 126 cm³/mol. The highest BCUT2D eigenvalue weighted by atomic mass is 32.1. The highest BCUT2D eigenvalue weighted by Crippen LogP contribution is 2.44. The summed E-state index contributed by atoms with van der Waals surface area (Å²) in [5.41, 5.74) is 4.05. The molecule has 0 amide bonds. The second-order valence-electron chi connectivity index (χ2n) is 9.19. The van der Waals surface area contributed by atoms with Crippen LogP contribution in [-0.4, -0.2) is 43.7 Å². The van der Waals surface area contributed by atoms with Gasteiger partial charge in [0, 0.05) is 30.8 Å². The van der Waals surface area contributed by atoms with Crippen molar-refractivity contribution in [1.82, 2.24) is 19.9 Å². The van der Waals surface area contributed by atoms with Gasteiger partial charge in [0.25, 0.3) is 0 Å². The van der Waals surface area contributed by atoms with Gasteiger partial charge in [0.2, 0.25) is 5.95 Å². The Morgan fingerprint density at radius 3 is 2.71 bits per heavy atom. The highest BCUT2D eigenvalue weighted by molar-refractivity contribution is 7.21. The van der Waals surface area contributed by atoms with Gasteiger partial charge in [-0.1, -0.05) is 0 Å². The van der Waals surface area contributed by atoms with Crippen molar-refractivity contribution in [3.8, 4) is 10.6 Å². The van der Waals surface area contributed by atoms with Crippen LogP contribution in [0.1, 0.15) is 63.3 Å². The van der Waals surface area contributed by atoms with Crippen LogP contribution >= 0.6 is 11.3 Å². The second-order valence-corrected chi connectivity index (χ2v) is 10.2. The largest absolute Gasteiger partial charge is 0.396 e. The minimum atomic E-state index is 0.248. The van der Waals surface area contributed by atoms with Crippen molar-refractivity contribution >= 4 is 33.3 Å². The first kappa shape index (κ1) is 20.6. The molecular weight excluding hydrogens is 408 g/mol. The molecule has 0 radical (unpaired) electrons. The number of rotatable bonds is 7. The first-order valence-corrected chi connectivity index (χ1v) is 12.1. The SMILES string of the molecule is Cc1nc(NC(C)C)nc(NC2CCC(CO)C2)c1-c1nc2c(C3CC3)nccc2s1. The summed E-state index contributed by atoms with van der Waals surface area (Å²) in [6.45, 7) is 6.46. The van der Waals surface area contributed by atoms with E-state index >= 15 is 0 Å². The Hall–Kier alpha value is -2.32. The summed E-state index contributed by atoms with van der Waals surface area (Å²) in [4.78, 5) is 19.3. The molecule has 3 aromatic rings. The third-order valence-corrected chi connectivity index (χ3v) is 7.20. The zero-order chi connectivity index (χ0) is 21.5. The van der Waals surface area contributed by atoms with E-state index in [1.165, 1.54) is 17.5 Å². The third kappa shape index (κ3) is 4.23. The van der Waals surface area contributed by atoms with Gasteiger partial charge in [0.1, 0.15) is 16.3 Å². The predicted octanol–water partition coefficient (Wildman–Crippen LogP) is 4.73. The van der Waals surface area contributed by atoms with Crippen molar-refractivity contribution in [3.63, 3.8) is 0 Å². The molecule has 2 saturated carbocycles. The van der Waals surface area contributed by atoms with E-state index < -0.39 is 0 Å². The molecule has 0 aromatic carbocycles. The van der Waals surface area contributed by atoms with Crippen molar-refractivity contribution in [2.45, 2.75) is 70.9 Å². The maximum Gasteiger partial charge on any atom is 0.225 e. The van der Waals surface area contributed by atoms with Crippen LogP contribution in [0, 0.1) is 12.8 Å². The van der Waals surface area contributed by atoms with Crippen molar-refractivity contribution in [2.24, 2.45) is 5.92 Å². The van der Waals surface area contributed by atoms with E-state index in [0.717, 1.165) is 52.6 Å². The molecule has 2 fully saturated rings. The first-order chi connectivity index (χ1) is 15.0. The van der Waals surface area contributed by atoms with E-state index in [-0.39, 0.29) is 12.6 Å². The summed E-state index contributed by atoms with van der Waals surface area (Å²) in [6, 6.07) is 2.61. The van der Waals surface area contributed by atoms with Gasteiger partial charge in [-0.15, -0.1) is 11.3 Å². The van der Waals surface area contributed by atoms with Gasteiger partial charge >= 0.3 is 0 Å². The molecule has 0 bridgehead atoms. The summed E-state index contributed by atoms with van der Waals surface area (Å²) in [6.07, 6.45) is 7.36. The van der Waals surface area contributed by atoms with Gasteiger partial charge < -0.3 is 15.7 Å². The maximum absolute atomic E-state index is 9.55. The number of aryl methyl sites for hydroxylation is 1. The van der Waals surface area contributed by atoms with Crippen molar-refractivity contribution in [1.29, 1.82) is 0 Å². The summed E-state index contributed by atoms with van der Waals surface area (Å²) in [7, 11) is 0. The number of aliphatic hydroxyl groups is 1. The topological polar surface area (TPSA) is 95.9 Å². The third-order valence-electron chi connectivity index (χ3n) is 6.16. The first-order valence-electron chi connectivity index (χ1n) is 11.3. The number of fused-ring (bicyclic) bond motifs is 1. The van der Waals surface area contributed by atoms with Crippen LogP contribution < -0.4 is 10.6 Å². The van der Waals surface area contributed by atoms with Gasteiger partial charge in [-0.25, -0.2) is 9.97 Å². The van der Waals surface area contributed by atoms with Crippen LogP contribution in [0.15, 0.2) is 12.3 Å². The van der Waals surface area contributed by atoms with E-state index in [4.69, 9.17) is 15.0 Å². The summed E-state index contributed by atoms with van der Waals surface area (Å²) < 4.78 is 1.17. The number of anilines is 2. The molecule has 2 aliphatic rings. The highest BCUT2D eigenvalue weighted by Gasteiger charge is 2.30. The molecule has 2 aliphatic carbocycles. The second kappa shape index (κ2) is 8.31. The average Bonchev–Trinajstić information content (AvgIpc) is 3.31. The summed E-state index contributed by atoms with van der Waals surface area (Å²) in [5, 5.41) is 17.5. The van der Waals surface area contributed by atoms with Crippen LogP contribution in [0.2, 0.25) is 0 Å². The minimum Gasteiger partial charge on any atom is -0.396 e. The van der Waals surface area contributed by atoms with Crippen molar-refractivity contribution in [2.75, 3.05) is 17.2 Å². The quantitative estimate of drug-likeness (QED) is 0.491. The van der Waals surface area contributed by atoms with Gasteiger partial charge in [0.15, 0.2) is 0 Å². The minimum absolute atomic E-state index is 0.248. The number of pyridine rings is 1. The molecule has 8 heteroatoms. The van der Waals surface area contributed by atoms with E-state index in [0.29, 0.717) is 23.8 Å². The monoisotopic (exact) mass is 438 g/mol. The molecule has 164 valence electrons. The van der Waals surface area contributed by atoms with Gasteiger partial charge in [-0.2, -0.15) is 4.98 Å². The molecule has 7 nitrogen and oxygen atoms in total. The summed E-state index contributed by atoms with van der Waals surface area (Å²) >= 11 is 1.69. The molecule has 3 N–H and O–H groups in total. The van der Waals surface area contributed by atoms with Crippen LogP contribution in [0.25, 0.3) is 20.8 Å². The fraction of sp³-hybridized carbons (Fsp3) is 0.565. The lowest BCUT2D eigenvalue weighted by Gasteiger charge is -2.19. The lowest BCUT2D eigenvalue weighted by Crippen LogP contribution is -2.20. The molecule has 0 aliphatic heterocycles. The van der Waals surface area contributed by atoms with Gasteiger partial charge in [0.05, 0.1) is 21.7 Å². The van der Waals surface area contributed by atoms with Crippen LogP contribution in [0.3, 0.4) is 0 Å². The number of aliphatic hydroxyl groups excluding tert-OH is 1. The Morgan fingerprint density at radius 2 is 2.00 bits per heavy atom. The molecule has 2 atom stereocenters. The molecule has 0 spiro atoms. The van der Waals surface area contributed by atoms with E-state index in [2.05, 4.69) is 35.5 Å². The Morgan fingerprint density at radius 1 is 1.16 bits per heavy atom. The zero-order valence-electron chi connectivity index (χ0n) is 18.4. The number of nitrogens with zero attached hydrogens (tertiary/aromatic N) is 4. The number of hydrogen-bond donors (Lipinski definition) is 3. The van der Waals surface area contributed by atoms with Crippen molar-refractivity contribution < 1.29 is 5.11 Å². The standard InChI is InChI=1S/C23H30N6OS/c1-12(2)25-23-26-13(3)18(21(29-23)27-16-7-4-14(10-16)11-30)22-28-20-17(31-22)8-9-24-19(20)15-5-6-15/h8-9,12,14-16,30H,4-7,10-11H2,1-3H3,(H2,25,26,27,29).